The molecule has 1 amide bonds. The predicted molar refractivity (Wildman–Crippen MR) is 125 cm³/mol. The van der Waals surface area contributed by atoms with Crippen molar-refractivity contribution in [1.82, 2.24) is 23.9 Å². The molecular formula is C23H32ClN5O3. The Labute approximate surface area is 192 Å². The summed E-state index contributed by atoms with van der Waals surface area (Å²) >= 11 is 6.07. The fraction of sp³-hybridized carbons (Fsp3) is 0.652. The standard InChI is InChI=1S/C23H32ClN5O3/c1-15(2)14-27-8-4-16(5-9-27)21(30)28-10-6-18(7-11-28)29-20-19(12-17(24)13-25-20)26(3)22(31)23(29)32/h12-13,15-16,18H,4-11,14H2,1-3H3. The molecule has 0 aromatic carbocycles. The molecule has 0 unspecified atom stereocenters. The van der Waals surface area contributed by atoms with Gasteiger partial charge in [-0.3, -0.25) is 19.0 Å². The molecule has 2 aromatic rings. The van der Waals surface area contributed by atoms with E-state index in [9.17, 15) is 14.4 Å². The SMILES string of the molecule is CC(C)CN1CCC(C(=O)N2CCC(n3c(=O)c(=O)n(C)c4cc(Cl)cnc43)CC2)CC1. The third-order valence-corrected chi connectivity index (χ3v) is 7.02. The molecule has 2 aliphatic rings. The lowest BCUT2D eigenvalue weighted by Crippen LogP contribution is -2.48. The van der Waals surface area contributed by atoms with Gasteiger partial charge in [-0.1, -0.05) is 25.4 Å². The number of fused-ring (bicyclic) bond motifs is 1. The number of pyridine rings is 1. The van der Waals surface area contributed by atoms with E-state index >= 15 is 0 Å². The Hall–Kier alpha value is -2.19. The summed E-state index contributed by atoms with van der Waals surface area (Å²) in [6.07, 6.45) is 4.58. The highest BCUT2D eigenvalue weighted by atomic mass is 35.5. The van der Waals surface area contributed by atoms with Crippen molar-refractivity contribution < 1.29 is 4.79 Å². The Morgan fingerprint density at radius 1 is 1.09 bits per heavy atom. The van der Waals surface area contributed by atoms with Gasteiger partial charge in [0.1, 0.15) is 0 Å². The number of aryl methyl sites for hydroxylation is 1. The molecule has 0 bridgehead atoms. The van der Waals surface area contributed by atoms with E-state index in [0.29, 0.717) is 48.0 Å². The van der Waals surface area contributed by atoms with Gasteiger partial charge in [0.05, 0.1) is 10.5 Å². The molecular weight excluding hydrogens is 430 g/mol. The molecule has 4 heterocycles. The van der Waals surface area contributed by atoms with Crippen molar-refractivity contribution in [3.8, 4) is 0 Å². The molecule has 4 rings (SSSR count). The van der Waals surface area contributed by atoms with Gasteiger partial charge in [0.15, 0.2) is 5.65 Å². The van der Waals surface area contributed by atoms with E-state index in [2.05, 4.69) is 23.7 Å². The summed E-state index contributed by atoms with van der Waals surface area (Å²) in [5.41, 5.74) is -0.164. The van der Waals surface area contributed by atoms with Gasteiger partial charge >= 0.3 is 11.1 Å². The maximum Gasteiger partial charge on any atom is 0.318 e. The number of rotatable bonds is 4. The number of hydrogen-bond acceptors (Lipinski definition) is 5. The molecule has 0 spiro atoms. The summed E-state index contributed by atoms with van der Waals surface area (Å²) in [5.74, 6) is 0.964. The van der Waals surface area contributed by atoms with Gasteiger partial charge in [-0.2, -0.15) is 0 Å². The van der Waals surface area contributed by atoms with E-state index in [-0.39, 0.29) is 17.9 Å². The lowest BCUT2D eigenvalue weighted by Gasteiger charge is -2.38. The van der Waals surface area contributed by atoms with Gasteiger partial charge in [0.25, 0.3) is 0 Å². The van der Waals surface area contributed by atoms with Crippen molar-refractivity contribution >= 4 is 28.7 Å². The van der Waals surface area contributed by atoms with Crippen LogP contribution in [0.5, 0.6) is 0 Å². The van der Waals surface area contributed by atoms with Gasteiger partial charge in [0, 0.05) is 44.8 Å². The van der Waals surface area contributed by atoms with Crippen molar-refractivity contribution in [1.29, 1.82) is 0 Å². The monoisotopic (exact) mass is 461 g/mol. The summed E-state index contributed by atoms with van der Waals surface area (Å²) < 4.78 is 2.82. The van der Waals surface area contributed by atoms with Crippen molar-refractivity contribution in [3.63, 3.8) is 0 Å². The second-order valence-corrected chi connectivity index (χ2v) is 10.00. The van der Waals surface area contributed by atoms with Gasteiger partial charge in [0.2, 0.25) is 5.91 Å². The normalized spacial score (nSPS) is 19.2. The molecule has 9 heteroatoms. The van der Waals surface area contributed by atoms with Crippen LogP contribution < -0.4 is 11.1 Å². The van der Waals surface area contributed by atoms with E-state index < -0.39 is 11.1 Å². The topological polar surface area (TPSA) is 80.4 Å². The van der Waals surface area contributed by atoms with Crippen molar-refractivity contribution in [2.45, 2.75) is 45.6 Å². The summed E-state index contributed by atoms with van der Waals surface area (Å²) in [6, 6.07) is 1.50. The van der Waals surface area contributed by atoms with Crippen LogP contribution in [-0.4, -0.2) is 62.5 Å². The molecule has 0 atom stereocenters. The zero-order valence-corrected chi connectivity index (χ0v) is 19.8. The number of aromatic nitrogens is 3. The van der Waals surface area contributed by atoms with Crippen LogP contribution in [-0.2, 0) is 11.8 Å². The van der Waals surface area contributed by atoms with Gasteiger partial charge in [-0.15, -0.1) is 0 Å². The number of carbonyl (C=O) groups excluding carboxylic acids is 1. The van der Waals surface area contributed by atoms with E-state index in [0.717, 1.165) is 32.5 Å². The van der Waals surface area contributed by atoms with Crippen LogP contribution in [0.2, 0.25) is 5.02 Å². The number of amides is 1. The number of likely N-dealkylation sites (tertiary alicyclic amines) is 2. The quantitative estimate of drug-likeness (QED) is 0.652. The highest BCUT2D eigenvalue weighted by Gasteiger charge is 2.32. The first-order valence-corrected chi connectivity index (χ1v) is 11.9. The third kappa shape index (κ3) is 4.48. The Bertz CT molecular complexity index is 1110. The van der Waals surface area contributed by atoms with Crippen LogP contribution in [0.15, 0.2) is 21.9 Å². The first kappa shape index (κ1) is 23.0. The Balaban J connectivity index is 1.46. The van der Waals surface area contributed by atoms with Gasteiger partial charge in [-0.05, 0) is 50.8 Å². The summed E-state index contributed by atoms with van der Waals surface area (Å²) in [4.78, 5) is 47.2. The Morgan fingerprint density at radius 3 is 2.38 bits per heavy atom. The zero-order chi connectivity index (χ0) is 23.0. The number of piperidine rings is 2. The lowest BCUT2D eigenvalue weighted by molar-refractivity contribution is -0.138. The fourth-order valence-electron chi connectivity index (χ4n) is 5.13. The number of nitrogens with zero attached hydrogens (tertiary/aromatic N) is 5. The Kier molecular flexibility index (Phi) is 6.72. The molecule has 0 radical (unpaired) electrons. The summed E-state index contributed by atoms with van der Waals surface area (Å²) in [6.45, 7) is 8.68. The van der Waals surface area contributed by atoms with Crippen LogP contribution in [0.4, 0.5) is 0 Å². The van der Waals surface area contributed by atoms with Crippen molar-refractivity contribution in [3.05, 3.63) is 38.0 Å². The fourth-order valence-corrected chi connectivity index (χ4v) is 5.28. The van der Waals surface area contributed by atoms with Crippen LogP contribution >= 0.6 is 11.6 Å². The minimum absolute atomic E-state index is 0.0892. The van der Waals surface area contributed by atoms with Crippen molar-refractivity contribution in [2.24, 2.45) is 18.9 Å². The van der Waals surface area contributed by atoms with E-state index in [1.165, 1.54) is 15.3 Å². The minimum atomic E-state index is -0.590. The number of hydrogen-bond donors (Lipinski definition) is 0. The molecule has 2 aromatic heterocycles. The summed E-state index contributed by atoms with van der Waals surface area (Å²) in [5, 5.41) is 0.414. The van der Waals surface area contributed by atoms with Crippen molar-refractivity contribution in [2.75, 3.05) is 32.7 Å². The lowest BCUT2D eigenvalue weighted by atomic mass is 9.93. The summed E-state index contributed by atoms with van der Waals surface area (Å²) in [7, 11) is 1.56. The maximum atomic E-state index is 13.1. The molecule has 32 heavy (non-hydrogen) atoms. The smallest absolute Gasteiger partial charge is 0.318 e. The molecule has 8 nitrogen and oxygen atoms in total. The molecule has 2 fully saturated rings. The minimum Gasteiger partial charge on any atom is -0.342 e. The largest absolute Gasteiger partial charge is 0.342 e. The number of halogens is 1. The second-order valence-electron chi connectivity index (χ2n) is 9.56. The van der Waals surface area contributed by atoms with Gasteiger partial charge < -0.3 is 14.4 Å². The average molecular weight is 462 g/mol. The highest BCUT2D eigenvalue weighted by molar-refractivity contribution is 6.31. The highest BCUT2D eigenvalue weighted by Crippen LogP contribution is 2.27. The first-order valence-electron chi connectivity index (χ1n) is 11.5. The molecule has 2 aliphatic heterocycles. The third-order valence-electron chi connectivity index (χ3n) is 6.81. The van der Waals surface area contributed by atoms with E-state index in [1.807, 2.05) is 4.90 Å². The van der Waals surface area contributed by atoms with Crippen LogP contribution in [0.25, 0.3) is 11.2 Å². The second kappa shape index (κ2) is 9.35. The average Bonchev–Trinajstić information content (AvgIpc) is 2.78. The van der Waals surface area contributed by atoms with Gasteiger partial charge in [-0.25, -0.2) is 4.98 Å². The van der Waals surface area contributed by atoms with Crippen LogP contribution in [0.3, 0.4) is 0 Å². The molecule has 0 N–H and O–H groups in total. The maximum absolute atomic E-state index is 13.1. The molecule has 0 aliphatic carbocycles. The van der Waals surface area contributed by atoms with Crippen LogP contribution in [0.1, 0.15) is 45.6 Å². The zero-order valence-electron chi connectivity index (χ0n) is 19.1. The Morgan fingerprint density at radius 2 is 1.75 bits per heavy atom. The van der Waals surface area contributed by atoms with Crippen LogP contribution in [0, 0.1) is 11.8 Å². The predicted octanol–water partition coefficient (Wildman–Crippen LogP) is 2.28. The molecule has 174 valence electrons. The molecule has 2 saturated heterocycles. The van der Waals surface area contributed by atoms with E-state index in [1.54, 1.807) is 13.1 Å². The molecule has 0 saturated carbocycles. The first-order chi connectivity index (χ1) is 15.3. The van der Waals surface area contributed by atoms with E-state index in [4.69, 9.17) is 11.6 Å². The number of carbonyl (C=O) groups is 1.